The van der Waals surface area contributed by atoms with Gasteiger partial charge >= 0.3 is 0 Å². The summed E-state index contributed by atoms with van der Waals surface area (Å²) in [5.41, 5.74) is 0. The molecule has 1 rings (SSSR count). The topological polar surface area (TPSA) is 84.6 Å². The Kier molecular flexibility index (Phi) is 12.8. The Labute approximate surface area is 168 Å². The van der Waals surface area contributed by atoms with Gasteiger partial charge in [-0.05, 0) is 19.3 Å². The molecule has 1 unspecified atom stereocenters. The number of guanidine groups is 1. The summed E-state index contributed by atoms with van der Waals surface area (Å²) in [5, 5.41) is 10.5. The molecule has 0 aliphatic carbocycles. The summed E-state index contributed by atoms with van der Waals surface area (Å²) >= 11 is 0. The van der Waals surface area contributed by atoms with Crippen LogP contribution in [-0.4, -0.2) is 48.9 Å². The second-order valence-electron chi connectivity index (χ2n) is 6.40. The van der Waals surface area contributed by atoms with Crippen molar-refractivity contribution >= 4 is 29.9 Å². The Morgan fingerprint density at radius 1 is 1.20 bits per heavy atom. The first-order valence-corrected chi connectivity index (χ1v) is 8.86. The first-order valence-electron chi connectivity index (χ1n) is 8.86. The molecular weight excluding hydrogens is 433 g/mol. The minimum absolute atomic E-state index is 0. The molecule has 8 heteroatoms. The number of aromatic nitrogens is 2. The van der Waals surface area contributed by atoms with E-state index in [1.165, 1.54) is 0 Å². The van der Waals surface area contributed by atoms with Gasteiger partial charge < -0.3 is 19.9 Å². The van der Waals surface area contributed by atoms with E-state index < -0.39 is 0 Å². The summed E-state index contributed by atoms with van der Waals surface area (Å²) < 4.78 is 11.0. The molecule has 0 fully saturated rings. The molecule has 0 radical (unpaired) electrons. The fourth-order valence-corrected chi connectivity index (χ4v) is 2.27. The van der Waals surface area contributed by atoms with Gasteiger partial charge in [-0.2, -0.15) is 4.98 Å². The summed E-state index contributed by atoms with van der Waals surface area (Å²) in [4.78, 5) is 8.59. The van der Waals surface area contributed by atoms with Gasteiger partial charge in [0, 0.05) is 39.1 Å². The molecule has 2 N–H and O–H groups in total. The van der Waals surface area contributed by atoms with E-state index in [9.17, 15) is 0 Å². The van der Waals surface area contributed by atoms with Crippen LogP contribution in [0.2, 0.25) is 0 Å². The summed E-state index contributed by atoms with van der Waals surface area (Å²) in [6, 6.07) is 0. The molecule has 25 heavy (non-hydrogen) atoms. The van der Waals surface area contributed by atoms with E-state index in [0.717, 1.165) is 31.4 Å². The molecule has 0 amide bonds. The van der Waals surface area contributed by atoms with E-state index in [0.29, 0.717) is 24.8 Å². The molecular formula is C17H34IN5O2. The number of nitrogens with one attached hydrogen (secondary N) is 2. The molecule has 0 aliphatic rings. The summed E-state index contributed by atoms with van der Waals surface area (Å²) in [5.74, 6) is 2.97. The number of ether oxygens (including phenoxy) is 1. The van der Waals surface area contributed by atoms with Gasteiger partial charge in [0.15, 0.2) is 11.8 Å². The van der Waals surface area contributed by atoms with Gasteiger partial charge in [0.25, 0.3) is 0 Å². The van der Waals surface area contributed by atoms with Crippen molar-refractivity contribution in [1.29, 1.82) is 0 Å². The van der Waals surface area contributed by atoms with Crippen LogP contribution in [0.25, 0.3) is 0 Å². The van der Waals surface area contributed by atoms with Crippen molar-refractivity contribution in [3.05, 3.63) is 11.7 Å². The van der Waals surface area contributed by atoms with Crippen molar-refractivity contribution in [2.75, 3.05) is 26.7 Å². The van der Waals surface area contributed by atoms with Gasteiger partial charge in [-0.3, -0.25) is 4.99 Å². The highest BCUT2D eigenvalue weighted by Gasteiger charge is 2.13. The monoisotopic (exact) mass is 467 g/mol. The van der Waals surface area contributed by atoms with Gasteiger partial charge in [-0.25, -0.2) is 0 Å². The Balaban J connectivity index is 0.00000576. The maximum atomic E-state index is 5.75. The molecule has 0 saturated carbocycles. The third-order valence-corrected chi connectivity index (χ3v) is 3.70. The molecule has 1 atom stereocenters. The number of nitrogens with zero attached hydrogens (tertiary/aromatic N) is 3. The maximum absolute atomic E-state index is 5.75. The Bertz CT molecular complexity index is 491. The predicted octanol–water partition coefficient (Wildman–Crippen LogP) is 2.97. The average Bonchev–Trinajstić information content (AvgIpc) is 3.01. The third kappa shape index (κ3) is 9.39. The SMILES string of the molecule is CCOC(CCNC(=NC)NCCc1nc(C(C)C)no1)C(C)C.I. The lowest BCUT2D eigenvalue weighted by Crippen LogP contribution is -2.40. The van der Waals surface area contributed by atoms with E-state index in [-0.39, 0.29) is 36.0 Å². The Morgan fingerprint density at radius 3 is 2.40 bits per heavy atom. The van der Waals surface area contributed by atoms with E-state index in [2.05, 4.69) is 39.6 Å². The first kappa shape index (κ1) is 24.1. The van der Waals surface area contributed by atoms with E-state index in [1.54, 1.807) is 7.05 Å². The van der Waals surface area contributed by atoms with Gasteiger partial charge in [0.2, 0.25) is 5.89 Å². The molecule has 146 valence electrons. The van der Waals surface area contributed by atoms with Crippen LogP contribution < -0.4 is 10.6 Å². The van der Waals surface area contributed by atoms with Crippen LogP contribution in [0.3, 0.4) is 0 Å². The Morgan fingerprint density at radius 2 is 1.88 bits per heavy atom. The molecule has 0 aromatic carbocycles. The highest BCUT2D eigenvalue weighted by molar-refractivity contribution is 14.0. The normalized spacial score (nSPS) is 13.0. The smallest absolute Gasteiger partial charge is 0.228 e. The molecule has 1 aromatic rings. The van der Waals surface area contributed by atoms with Gasteiger partial charge in [0.1, 0.15) is 0 Å². The minimum atomic E-state index is 0. The second-order valence-corrected chi connectivity index (χ2v) is 6.40. The summed E-state index contributed by atoms with van der Waals surface area (Å²) in [6.45, 7) is 12.8. The summed E-state index contributed by atoms with van der Waals surface area (Å²) in [7, 11) is 1.77. The van der Waals surface area contributed by atoms with Crippen molar-refractivity contribution in [1.82, 2.24) is 20.8 Å². The molecule has 0 bridgehead atoms. The van der Waals surface area contributed by atoms with E-state index >= 15 is 0 Å². The quantitative estimate of drug-likeness (QED) is 0.313. The number of rotatable bonds is 10. The van der Waals surface area contributed by atoms with Gasteiger partial charge in [-0.15, -0.1) is 24.0 Å². The average molecular weight is 467 g/mol. The number of halogens is 1. The molecule has 1 aromatic heterocycles. The Hall–Kier alpha value is -0.900. The van der Waals surface area contributed by atoms with Crippen molar-refractivity contribution in [2.24, 2.45) is 10.9 Å². The van der Waals surface area contributed by atoms with Crippen LogP contribution >= 0.6 is 24.0 Å². The van der Waals surface area contributed by atoms with Crippen LogP contribution in [0.4, 0.5) is 0 Å². The van der Waals surface area contributed by atoms with Crippen molar-refractivity contribution in [3.8, 4) is 0 Å². The first-order chi connectivity index (χ1) is 11.5. The fraction of sp³-hybridized carbons (Fsp3) is 0.824. The van der Waals surface area contributed by atoms with Crippen LogP contribution in [0, 0.1) is 5.92 Å². The minimum Gasteiger partial charge on any atom is -0.378 e. The highest BCUT2D eigenvalue weighted by atomic mass is 127. The van der Waals surface area contributed by atoms with E-state index in [4.69, 9.17) is 9.26 Å². The predicted molar refractivity (Wildman–Crippen MR) is 112 cm³/mol. The zero-order valence-corrected chi connectivity index (χ0v) is 18.7. The van der Waals surface area contributed by atoms with Crippen LogP contribution in [-0.2, 0) is 11.2 Å². The maximum Gasteiger partial charge on any atom is 0.228 e. The number of hydrogen-bond acceptors (Lipinski definition) is 5. The zero-order chi connectivity index (χ0) is 17.9. The lowest BCUT2D eigenvalue weighted by molar-refractivity contribution is 0.0258. The molecule has 0 spiro atoms. The third-order valence-electron chi connectivity index (χ3n) is 3.70. The molecule has 0 aliphatic heterocycles. The van der Waals surface area contributed by atoms with Crippen molar-refractivity contribution in [2.45, 2.75) is 59.5 Å². The van der Waals surface area contributed by atoms with Gasteiger partial charge in [0.05, 0.1) is 6.10 Å². The number of aliphatic imine (C=N–C) groups is 1. The van der Waals surface area contributed by atoms with E-state index in [1.807, 2.05) is 20.8 Å². The van der Waals surface area contributed by atoms with Crippen LogP contribution in [0.15, 0.2) is 9.52 Å². The number of hydrogen-bond donors (Lipinski definition) is 2. The second kappa shape index (κ2) is 13.3. The van der Waals surface area contributed by atoms with Gasteiger partial charge in [-0.1, -0.05) is 32.9 Å². The largest absolute Gasteiger partial charge is 0.378 e. The highest BCUT2D eigenvalue weighted by Crippen LogP contribution is 2.10. The lowest BCUT2D eigenvalue weighted by Gasteiger charge is -2.21. The summed E-state index contributed by atoms with van der Waals surface area (Å²) in [6.07, 6.45) is 1.90. The van der Waals surface area contributed by atoms with Crippen LogP contribution in [0.1, 0.15) is 58.7 Å². The molecule has 7 nitrogen and oxygen atoms in total. The fourth-order valence-electron chi connectivity index (χ4n) is 2.27. The van der Waals surface area contributed by atoms with Crippen molar-refractivity contribution < 1.29 is 9.26 Å². The molecule has 1 heterocycles. The molecule has 0 saturated heterocycles. The lowest BCUT2D eigenvalue weighted by atomic mass is 10.0. The van der Waals surface area contributed by atoms with Crippen LogP contribution in [0.5, 0.6) is 0 Å². The standard InChI is InChI=1S/C17H33N5O2.HI/c1-7-23-14(12(2)3)8-10-19-17(18-6)20-11-9-15-21-16(13(4)5)22-24-15;/h12-14H,7-11H2,1-6H3,(H2,18,19,20);1H. The zero-order valence-electron chi connectivity index (χ0n) is 16.3. The van der Waals surface area contributed by atoms with Crippen molar-refractivity contribution in [3.63, 3.8) is 0 Å².